The average Bonchev–Trinajstić information content (AvgIpc) is 3.03. The van der Waals surface area contributed by atoms with Gasteiger partial charge in [0.05, 0.1) is 5.69 Å². The van der Waals surface area contributed by atoms with Crippen LogP contribution in [0.3, 0.4) is 0 Å². The average molecular weight is 347 g/mol. The minimum atomic E-state index is -0.380. The molecule has 6 nitrogen and oxygen atoms in total. The quantitative estimate of drug-likeness (QED) is 0.616. The summed E-state index contributed by atoms with van der Waals surface area (Å²) in [5.74, 6) is 0.0112. The number of carbonyl (C=O) groups is 1. The zero-order valence-electron chi connectivity index (χ0n) is 13.8. The van der Waals surface area contributed by atoms with Crippen LogP contribution < -0.4 is 5.32 Å². The van der Waals surface area contributed by atoms with Crippen molar-refractivity contribution < 1.29 is 9.18 Å². The third kappa shape index (κ3) is 3.02. The number of aromatic nitrogens is 4. The Labute approximate surface area is 148 Å². The number of hydrogen-bond donors (Lipinski definition) is 1. The second-order valence-electron chi connectivity index (χ2n) is 5.78. The van der Waals surface area contributed by atoms with Gasteiger partial charge in [-0.1, -0.05) is 12.1 Å². The molecule has 26 heavy (non-hydrogen) atoms. The number of carbonyl (C=O) groups excluding carboxylic acids is 1. The van der Waals surface area contributed by atoms with Crippen molar-refractivity contribution in [1.82, 2.24) is 19.8 Å². The molecule has 1 N–H and O–H groups in total. The molecule has 0 saturated heterocycles. The van der Waals surface area contributed by atoms with Gasteiger partial charge in [-0.15, -0.1) is 10.2 Å². The fourth-order valence-electron chi connectivity index (χ4n) is 2.61. The fourth-order valence-corrected chi connectivity index (χ4v) is 2.61. The highest BCUT2D eigenvalue weighted by molar-refractivity contribution is 6.04. The molecule has 2 heterocycles. The second-order valence-corrected chi connectivity index (χ2v) is 5.78. The topological polar surface area (TPSA) is 72.2 Å². The lowest BCUT2D eigenvalue weighted by molar-refractivity contribution is 0.102. The standard InChI is InChI=1S/C19H14FN5O/c1-12-22-23-18-10-9-17(24-25(12)18)14-3-2-4-16(11-14)21-19(26)13-5-7-15(20)8-6-13/h2-11H,1H3,(H,21,26). The van der Waals surface area contributed by atoms with Crippen LogP contribution >= 0.6 is 0 Å². The van der Waals surface area contributed by atoms with E-state index in [1.165, 1.54) is 24.3 Å². The molecule has 2 aromatic heterocycles. The highest BCUT2D eigenvalue weighted by Crippen LogP contribution is 2.21. The van der Waals surface area contributed by atoms with Gasteiger partial charge in [0.2, 0.25) is 0 Å². The van der Waals surface area contributed by atoms with Gasteiger partial charge in [-0.25, -0.2) is 4.39 Å². The molecule has 0 radical (unpaired) electrons. The summed E-state index contributed by atoms with van der Waals surface area (Å²) in [5.41, 5.74) is 3.26. The lowest BCUT2D eigenvalue weighted by atomic mass is 10.1. The zero-order valence-corrected chi connectivity index (χ0v) is 13.8. The van der Waals surface area contributed by atoms with Crippen molar-refractivity contribution in [3.63, 3.8) is 0 Å². The number of fused-ring (bicyclic) bond motifs is 1. The molecule has 0 aliphatic carbocycles. The van der Waals surface area contributed by atoms with Gasteiger partial charge in [0.25, 0.3) is 5.91 Å². The number of nitrogens with zero attached hydrogens (tertiary/aromatic N) is 4. The van der Waals surface area contributed by atoms with E-state index in [2.05, 4.69) is 20.6 Å². The largest absolute Gasteiger partial charge is 0.322 e. The van der Waals surface area contributed by atoms with Gasteiger partial charge >= 0.3 is 0 Å². The normalized spacial score (nSPS) is 10.8. The maximum absolute atomic E-state index is 13.0. The predicted molar refractivity (Wildman–Crippen MR) is 95.3 cm³/mol. The summed E-state index contributed by atoms with van der Waals surface area (Å²) >= 11 is 0. The molecule has 1 amide bonds. The van der Waals surface area contributed by atoms with Crippen LogP contribution in [0.4, 0.5) is 10.1 Å². The molecule has 0 fully saturated rings. The molecule has 0 bridgehead atoms. The van der Waals surface area contributed by atoms with Crippen molar-refractivity contribution in [3.8, 4) is 11.3 Å². The maximum atomic E-state index is 13.0. The first kappa shape index (κ1) is 15.9. The van der Waals surface area contributed by atoms with Crippen molar-refractivity contribution in [2.75, 3.05) is 5.32 Å². The monoisotopic (exact) mass is 347 g/mol. The Morgan fingerprint density at radius 3 is 2.65 bits per heavy atom. The van der Waals surface area contributed by atoms with Crippen molar-refractivity contribution >= 4 is 17.2 Å². The molecule has 0 spiro atoms. The third-order valence-corrected chi connectivity index (χ3v) is 3.94. The van der Waals surface area contributed by atoms with E-state index >= 15 is 0 Å². The van der Waals surface area contributed by atoms with Crippen LogP contribution in [-0.2, 0) is 0 Å². The molecule has 4 aromatic rings. The number of nitrogens with one attached hydrogen (secondary N) is 1. The van der Waals surface area contributed by atoms with Gasteiger partial charge in [0, 0.05) is 16.8 Å². The molecule has 0 unspecified atom stereocenters. The molecule has 128 valence electrons. The van der Waals surface area contributed by atoms with Crippen LogP contribution in [0.25, 0.3) is 16.9 Å². The third-order valence-electron chi connectivity index (χ3n) is 3.94. The highest BCUT2D eigenvalue weighted by Gasteiger charge is 2.09. The Morgan fingerprint density at radius 1 is 1.04 bits per heavy atom. The number of benzene rings is 2. The number of rotatable bonds is 3. The van der Waals surface area contributed by atoms with Crippen LogP contribution in [0, 0.1) is 12.7 Å². The maximum Gasteiger partial charge on any atom is 0.255 e. The predicted octanol–water partition coefficient (Wildman–Crippen LogP) is 3.49. The Bertz CT molecular complexity index is 1100. The Kier molecular flexibility index (Phi) is 3.89. The van der Waals surface area contributed by atoms with Crippen molar-refractivity contribution in [2.45, 2.75) is 6.92 Å². The molecule has 0 saturated carbocycles. The van der Waals surface area contributed by atoms with Crippen molar-refractivity contribution in [1.29, 1.82) is 0 Å². The minimum absolute atomic E-state index is 0.305. The first-order valence-electron chi connectivity index (χ1n) is 7.96. The minimum Gasteiger partial charge on any atom is -0.322 e. The van der Waals surface area contributed by atoms with Crippen LogP contribution in [0.1, 0.15) is 16.2 Å². The molecule has 0 atom stereocenters. The van der Waals surface area contributed by atoms with Crippen LogP contribution in [0.2, 0.25) is 0 Å². The Morgan fingerprint density at radius 2 is 1.85 bits per heavy atom. The lowest BCUT2D eigenvalue weighted by Gasteiger charge is -2.08. The molecule has 0 aliphatic heterocycles. The van der Waals surface area contributed by atoms with Gasteiger partial charge < -0.3 is 5.32 Å². The number of anilines is 1. The van der Waals surface area contributed by atoms with E-state index in [1.54, 1.807) is 10.6 Å². The van der Waals surface area contributed by atoms with Gasteiger partial charge in [-0.2, -0.15) is 9.61 Å². The molecular formula is C19H14FN5O. The number of hydrogen-bond acceptors (Lipinski definition) is 4. The number of amides is 1. The van der Waals surface area contributed by atoms with Crippen LogP contribution in [-0.4, -0.2) is 25.7 Å². The lowest BCUT2D eigenvalue weighted by Crippen LogP contribution is -2.11. The summed E-state index contributed by atoms with van der Waals surface area (Å²) in [7, 11) is 0. The van der Waals surface area contributed by atoms with Crippen LogP contribution in [0.15, 0.2) is 60.7 Å². The first-order valence-corrected chi connectivity index (χ1v) is 7.96. The summed E-state index contributed by atoms with van der Waals surface area (Å²) in [6.45, 7) is 1.83. The summed E-state index contributed by atoms with van der Waals surface area (Å²) in [4.78, 5) is 12.3. The van der Waals surface area contributed by atoms with Gasteiger partial charge in [-0.3, -0.25) is 4.79 Å². The molecule has 4 rings (SSSR count). The van der Waals surface area contributed by atoms with E-state index in [0.29, 0.717) is 22.7 Å². The Balaban J connectivity index is 1.62. The molecule has 2 aromatic carbocycles. The van der Waals surface area contributed by atoms with E-state index in [-0.39, 0.29) is 11.7 Å². The van der Waals surface area contributed by atoms with E-state index in [9.17, 15) is 9.18 Å². The zero-order chi connectivity index (χ0) is 18.1. The summed E-state index contributed by atoms with van der Waals surface area (Å²) in [6, 6.07) is 16.4. The summed E-state index contributed by atoms with van der Waals surface area (Å²) < 4.78 is 14.6. The first-order chi connectivity index (χ1) is 12.6. The second kappa shape index (κ2) is 6.36. The van der Waals surface area contributed by atoms with Crippen molar-refractivity contribution in [3.05, 3.63) is 77.9 Å². The van der Waals surface area contributed by atoms with Gasteiger partial charge in [-0.05, 0) is 55.5 Å². The summed E-state index contributed by atoms with van der Waals surface area (Å²) in [6.07, 6.45) is 0. The highest BCUT2D eigenvalue weighted by atomic mass is 19.1. The Hall–Kier alpha value is -3.61. The number of halogens is 1. The van der Waals surface area contributed by atoms with E-state index in [0.717, 1.165) is 11.3 Å². The SMILES string of the molecule is Cc1nnc2ccc(-c3cccc(NC(=O)c4ccc(F)cc4)c3)nn12. The van der Waals surface area contributed by atoms with Gasteiger partial charge in [0.1, 0.15) is 5.82 Å². The van der Waals surface area contributed by atoms with Gasteiger partial charge in [0.15, 0.2) is 11.5 Å². The van der Waals surface area contributed by atoms with E-state index in [4.69, 9.17) is 0 Å². The molecule has 7 heteroatoms. The molecule has 0 aliphatic rings. The summed E-state index contributed by atoms with van der Waals surface area (Å²) in [5, 5.41) is 15.4. The number of aryl methyl sites for hydroxylation is 1. The fraction of sp³-hybridized carbons (Fsp3) is 0.0526. The van der Waals surface area contributed by atoms with Crippen LogP contribution in [0.5, 0.6) is 0 Å². The van der Waals surface area contributed by atoms with E-state index < -0.39 is 0 Å². The van der Waals surface area contributed by atoms with E-state index in [1.807, 2.05) is 37.3 Å². The molecular weight excluding hydrogens is 333 g/mol. The smallest absolute Gasteiger partial charge is 0.255 e. The van der Waals surface area contributed by atoms with Crippen molar-refractivity contribution in [2.24, 2.45) is 0 Å².